The van der Waals surface area contributed by atoms with Crippen molar-refractivity contribution < 1.29 is 58.2 Å². The number of thiophene rings is 1. The molecule has 0 saturated heterocycles. The molecule has 19 heteroatoms. The summed E-state index contributed by atoms with van der Waals surface area (Å²) >= 11 is 3.73. The maximum Gasteiger partial charge on any atom is 0.434 e. The molecular formula is C24H11BrF10N4O3S. The number of benzene rings is 1. The van der Waals surface area contributed by atoms with E-state index in [1.54, 1.807) is 0 Å². The van der Waals surface area contributed by atoms with E-state index in [4.69, 9.17) is 0 Å². The first kappa shape index (κ1) is 31.9. The summed E-state index contributed by atoms with van der Waals surface area (Å²) in [5.41, 5.74) is -7.87. The molecule has 0 fully saturated rings. The molecule has 0 aliphatic rings. The van der Waals surface area contributed by atoms with Crippen LogP contribution in [0.4, 0.5) is 49.6 Å². The highest BCUT2D eigenvalue weighted by Crippen LogP contribution is 2.40. The smallest absolute Gasteiger partial charge is 0.434 e. The number of pyridine rings is 1. The number of halogens is 11. The summed E-state index contributed by atoms with van der Waals surface area (Å²) < 4.78 is 142. The van der Waals surface area contributed by atoms with Crippen LogP contribution in [0.5, 0.6) is 0 Å². The normalized spacial score (nSPS) is 12.0. The lowest BCUT2D eigenvalue weighted by atomic mass is 10.1. The van der Waals surface area contributed by atoms with E-state index in [0.29, 0.717) is 6.20 Å². The lowest BCUT2D eigenvalue weighted by Crippen LogP contribution is -2.20. The SMILES string of the molecule is CCOC(=O)c1cnn(-c2cccc(-c3scc(Br)c3C(=O)Nc3c(F)c(F)c(C(F)(F)F)c(F)c3F)n2)c1C(F)(F)F. The van der Waals surface area contributed by atoms with Crippen LogP contribution in [0, 0.1) is 23.3 Å². The average Bonchev–Trinajstić information content (AvgIpc) is 3.54. The molecule has 0 unspecified atom stereocenters. The fourth-order valence-electron chi connectivity index (χ4n) is 3.72. The van der Waals surface area contributed by atoms with Gasteiger partial charge in [0.05, 0.1) is 28.9 Å². The summed E-state index contributed by atoms with van der Waals surface area (Å²) in [5, 5.41) is 6.32. The molecule has 1 N–H and O–H groups in total. The fourth-order valence-corrected chi connectivity index (χ4v) is 5.41. The van der Waals surface area contributed by atoms with Crippen molar-refractivity contribution in [2.45, 2.75) is 19.3 Å². The highest BCUT2D eigenvalue weighted by Gasteiger charge is 2.43. The fraction of sp³-hybridized carbons (Fsp3) is 0.167. The Morgan fingerprint density at radius 3 is 2.19 bits per heavy atom. The van der Waals surface area contributed by atoms with Gasteiger partial charge in [-0.2, -0.15) is 31.4 Å². The van der Waals surface area contributed by atoms with Crippen LogP contribution in [0.25, 0.3) is 16.4 Å². The summed E-state index contributed by atoms with van der Waals surface area (Å²) in [6.45, 7) is 1.15. The predicted molar refractivity (Wildman–Crippen MR) is 133 cm³/mol. The Balaban J connectivity index is 1.78. The van der Waals surface area contributed by atoms with Crippen molar-refractivity contribution in [2.75, 3.05) is 11.9 Å². The molecule has 3 aromatic heterocycles. The molecule has 43 heavy (non-hydrogen) atoms. The molecule has 0 bridgehead atoms. The standard InChI is InChI=1S/C24H11BrF10N4O3S/c1-2-42-22(41)8-6-36-39(20(8)24(33,34)35)11-5-3-4-10(37-11)19-12(9(25)7-43-19)21(40)38-18-16(28)14(26)13(23(30,31)32)15(27)17(18)29/h3-7H,2H2,1H3,(H,38,40). The van der Waals surface area contributed by atoms with E-state index < -0.39 is 81.4 Å². The zero-order chi connectivity index (χ0) is 32.0. The number of ether oxygens (including phenoxy) is 1. The molecule has 1 amide bonds. The Morgan fingerprint density at radius 2 is 1.63 bits per heavy atom. The van der Waals surface area contributed by atoms with Crippen molar-refractivity contribution in [3.8, 4) is 16.4 Å². The number of rotatable bonds is 6. The summed E-state index contributed by atoms with van der Waals surface area (Å²) in [6.07, 6.45) is -10.3. The van der Waals surface area contributed by atoms with Gasteiger partial charge < -0.3 is 10.1 Å². The zero-order valence-corrected chi connectivity index (χ0v) is 23.1. The molecule has 0 aliphatic carbocycles. The number of alkyl halides is 6. The van der Waals surface area contributed by atoms with Crippen molar-refractivity contribution in [2.24, 2.45) is 0 Å². The third-order valence-corrected chi connectivity index (χ3v) is 7.41. The minimum Gasteiger partial charge on any atom is -0.462 e. The Bertz CT molecular complexity index is 1720. The molecular weight excluding hydrogens is 694 g/mol. The monoisotopic (exact) mass is 704 g/mol. The summed E-state index contributed by atoms with van der Waals surface area (Å²) in [4.78, 5) is 28.9. The first-order valence-electron chi connectivity index (χ1n) is 11.3. The van der Waals surface area contributed by atoms with Gasteiger partial charge in [-0.3, -0.25) is 4.79 Å². The predicted octanol–water partition coefficient (Wildman–Crippen LogP) is 7.78. The van der Waals surface area contributed by atoms with Gasteiger partial charge in [-0.1, -0.05) is 6.07 Å². The number of carbonyl (C=O) groups is 2. The van der Waals surface area contributed by atoms with E-state index in [1.807, 2.05) is 0 Å². The van der Waals surface area contributed by atoms with Crippen LogP contribution in [0.1, 0.15) is 38.9 Å². The topological polar surface area (TPSA) is 86.1 Å². The van der Waals surface area contributed by atoms with Crippen LogP contribution in [-0.2, 0) is 17.1 Å². The van der Waals surface area contributed by atoms with Gasteiger partial charge in [-0.25, -0.2) is 32.0 Å². The van der Waals surface area contributed by atoms with Crippen molar-refractivity contribution in [1.29, 1.82) is 0 Å². The quantitative estimate of drug-likeness (QED) is 0.126. The maximum absolute atomic E-state index is 14.4. The van der Waals surface area contributed by atoms with Gasteiger partial charge in [-0.15, -0.1) is 11.3 Å². The summed E-state index contributed by atoms with van der Waals surface area (Å²) in [7, 11) is 0. The zero-order valence-electron chi connectivity index (χ0n) is 20.7. The molecule has 0 saturated carbocycles. The lowest BCUT2D eigenvalue weighted by molar-refractivity contribution is -0.144. The van der Waals surface area contributed by atoms with Crippen molar-refractivity contribution in [3.63, 3.8) is 0 Å². The van der Waals surface area contributed by atoms with Gasteiger partial charge in [0.2, 0.25) is 0 Å². The highest BCUT2D eigenvalue weighted by molar-refractivity contribution is 9.10. The highest BCUT2D eigenvalue weighted by atomic mass is 79.9. The first-order chi connectivity index (χ1) is 20.0. The molecule has 4 aromatic rings. The minimum atomic E-state index is -5.81. The lowest BCUT2D eigenvalue weighted by Gasteiger charge is -2.15. The number of nitrogens with zero attached hydrogens (tertiary/aromatic N) is 3. The maximum atomic E-state index is 14.4. The molecule has 0 radical (unpaired) electrons. The molecule has 228 valence electrons. The number of hydrogen-bond acceptors (Lipinski definition) is 6. The van der Waals surface area contributed by atoms with Crippen LogP contribution in [0.3, 0.4) is 0 Å². The average molecular weight is 705 g/mol. The van der Waals surface area contributed by atoms with Gasteiger partial charge in [0, 0.05) is 9.85 Å². The minimum absolute atomic E-state index is 0.0921. The van der Waals surface area contributed by atoms with Gasteiger partial charge in [0.25, 0.3) is 5.91 Å². The summed E-state index contributed by atoms with van der Waals surface area (Å²) in [6, 6.07) is 3.47. The molecule has 7 nitrogen and oxygen atoms in total. The third-order valence-electron chi connectivity index (χ3n) is 5.48. The van der Waals surface area contributed by atoms with Gasteiger partial charge in [0.1, 0.15) is 16.8 Å². The Labute approximate surface area is 245 Å². The van der Waals surface area contributed by atoms with E-state index in [2.05, 4.69) is 30.7 Å². The molecule has 1 aromatic carbocycles. The summed E-state index contributed by atoms with van der Waals surface area (Å²) in [5.74, 6) is -14.0. The third kappa shape index (κ3) is 5.95. The Hall–Kier alpha value is -4.00. The van der Waals surface area contributed by atoms with Gasteiger partial charge in [0.15, 0.2) is 34.8 Å². The van der Waals surface area contributed by atoms with E-state index in [1.165, 1.54) is 29.8 Å². The number of esters is 1. The Morgan fingerprint density at radius 1 is 1.00 bits per heavy atom. The molecule has 0 aliphatic heterocycles. The molecule has 0 atom stereocenters. The van der Waals surface area contributed by atoms with Crippen LogP contribution in [-0.4, -0.2) is 33.2 Å². The number of carbonyl (C=O) groups excluding carboxylic acids is 2. The van der Waals surface area contributed by atoms with E-state index in [9.17, 15) is 53.5 Å². The first-order valence-corrected chi connectivity index (χ1v) is 13.0. The van der Waals surface area contributed by atoms with E-state index >= 15 is 0 Å². The number of hydrogen-bond donors (Lipinski definition) is 1. The number of nitrogens with one attached hydrogen (secondary N) is 1. The van der Waals surface area contributed by atoms with Crippen LogP contribution >= 0.6 is 27.3 Å². The van der Waals surface area contributed by atoms with Crippen LogP contribution in [0.15, 0.2) is 34.2 Å². The molecule has 4 rings (SSSR count). The van der Waals surface area contributed by atoms with Gasteiger partial charge >= 0.3 is 18.3 Å². The van der Waals surface area contributed by atoms with E-state index in [-0.39, 0.29) is 26.3 Å². The van der Waals surface area contributed by atoms with Crippen molar-refractivity contribution in [1.82, 2.24) is 14.8 Å². The second kappa shape index (κ2) is 11.6. The van der Waals surface area contributed by atoms with Crippen molar-refractivity contribution >= 4 is 44.8 Å². The number of aromatic nitrogens is 3. The number of anilines is 1. The van der Waals surface area contributed by atoms with Crippen molar-refractivity contribution in [3.05, 3.63) is 79.9 Å². The Kier molecular flexibility index (Phi) is 8.60. The second-order valence-electron chi connectivity index (χ2n) is 8.16. The van der Waals surface area contributed by atoms with E-state index in [0.717, 1.165) is 17.4 Å². The molecule has 3 heterocycles. The van der Waals surface area contributed by atoms with Gasteiger partial charge in [-0.05, 0) is 35.0 Å². The van der Waals surface area contributed by atoms with Crippen LogP contribution < -0.4 is 5.32 Å². The molecule has 0 spiro atoms. The van der Waals surface area contributed by atoms with Crippen LogP contribution in [0.2, 0.25) is 0 Å². The number of amides is 1. The second-order valence-corrected chi connectivity index (χ2v) is 9.90. The largest absolute Gasteiger partial charge is 0.462 e.